The number of oxazole rings is 1. The van der Waals surface area contributed by atoms with Gasteiger partial charge in [0.1, 0.15) is 11.4 Å². The van der Waals surface area contributed by atoms with E-state index in [2.05, 4.69) is 0 Å². The molecular formula is C27H33N3O6. The maximum absolute atomic E-state index is 12.5. The number of ether oxygens (including phenoxy) is 3. The molecule has 4 rings (SSSR count). The number of nitrogens with zero attached hydrogens (tertiary/aromatic N) is 3. The van der Waals surface area contributed by atoms with Gasteiger partial charge < -0.3 is 23.5 Å². The predicted molar refractivity (Wildman–Crippen MR) is 135 cm³/mol. The number of hydrogen-bond donors (Lipinski definition) is 1. The monoisotopic (exact) mass is 495 g/mol. The third-order valence-corrected chi connectivity index (χ3v) is 6.45. The number of rotatable bonds is 7. The second kappa shape index (κ2) is 10.9. The van der Waals surface area contributed by atoms with E-state index in [1.54, 1.807) is 40.1 Å². The Kier molecular flexibility index (Phi) is 7.69. The Morgan fingerprint density at radius 2 is 1.64 bits per heavy atom. The van der Waals surface area contributed by atoms with Gasteiger partial charge in [0.2, 0.25) is 0 Å². The van der Waals surface area contributed by atoms with E-state index in [0.717, 1.165) is 27.6 Å². The van der Waals surface area contributed by atoms with Gasteiger partial charge in [-0.3, -0.25) is 5.21 Å². The van der Waals surface area contributed by atoms with Gasteiger partial charge in [-0.15, -0.1) is 0 Å². The van der Waals surface area contributed by atoms with Crippen molar-refractivity contribution in [2.45, 2.75) is 38.6 Å². The summed E-state index contributed by atoms with van der Waals surface area (Å²) in [5, 5.41) is 10.8. The van der Waals surface area contributed by atoms with Crippen molar-refractivity contribution < 1.29 is 28.6 Å². The van der Waals surface area contributed by atoms with E-state index < -0.39 is 0 Å². The molecule has 9 nitrogen and oxygen atoms in total. The van der Waals surface area contributed by atoms with Crippen LogP contribution in [0.5, 0.6) is 17.2 Å². The number of carbonyl (C=O) groups excluding carboxylic acids is 1. The van der Waals surface area contributed by atoms with Gasteiger partial charge in [-0.2, -0.15) is 0 Å². The second-order valence-electron chi connectivity index (χ2n) is 9.01. The fourth-order valence-corrected chi connectivity index (χ4v) is 4.31. The number of aromatic nitrogens is 1. The summed E-state index contributed by atoms with van der Waals surface area (Å²) in [6.45, 7) is 4.57. The minimum Gasteiger partial charge on any atom is -0.497 e. The van der Waals surface area contributed by atoms with Crippen molar-refractivity contribution in [3.05, 3.63) is 48.4 Å². The zero-order valence-electron chi connectivity index (χ0n) is 21.4. The Morgan fingerprint density at radius 1 is 1.00 bits per heavy atom. The lowest BCUT2D eigenvalue weighted by molar-refractivity contribution is -0.0815. The van der Waals surface area contributed by atoms with E-state index in [1.165, 1.54) is 0 Å². The zero-order valence-corrected chi connectivity index (χ0v) is 21.4. The highest BCUT2D eigenvalue weighted by Crippen LogP contribution is 2.40. The molecule has 0 aliphatic carbocycles. The maximum Gasteiger partial charge on any atom is 0.343 e. The Balaban J connectivity index is 1.65. The van der Waals surface area contributed by atoms with Crippen LogP contribution in [-0.2, 0) is 0 Å². The number of hydroxylamine groups is 2. The van der Waals surface area contributed by atoms with Crippen molar-refractivity contribution in [2.24, 2.45) is 0 Å². The summed E-state index contributed by atoms with van der Waals surface area (Å²) >= 11 is 0. The first-order valence-corrected chi connectivity index (χ1v) is 12.0. The number of benzene rings is 2. The number of amides is 2. The van der Waals surface area contributed by atoms with Crippen molar-refractivity contribution in [1.29, 1.82) is 0 Å². The van der Waals surface area contributed by atoms with Crippen molar-refractivity contribution in [3.8, 4) is 39.8 Å². The predicted octanol–water partition coefficient (Wildman–Crippen LogP) is 5.43. The topological polar surface area (TPSA) is 97.5 Å². The standard InChI is InChI=1S/C27H33N3O6/c1-17(2)30(32)27(31)29-14-12-19(13-15-29)26-28-24(18-6-9-21(33-3)10-7-18)25(36-26)20-8-11-22(34-4)23(16-20)35-5/h6-11,16-17,19,32H,12-15H2,1-5H3. The van der Waals surface area contributed by atoms with Crippen molar-refractivity contribution in [3.63, 3.8) is 0 Å². The third-order valence-electron chi connectivity index (χ3n) is 6.45. The molecule has 1 fully saturated rings. The first-order valence-electron chi connectivity index (χ1n) is 12.0. The van der Waals surface area contributed by atoms with Crippen molar-refractivity contribution in [1.82, 2.24) is 14.9 Å². The fourth-order valence-electron chi connectivity index (χ4n) is 4.31. The van der Waals surface area contributed by atoms with Crippen molar-refractivity contribution >= 4 is 6.03 Å². The molecule has 1 aliphatic heterocycles. The van der Waals surface area contributed by atoms with Crippen molar-refractivity contribution in [2.75, 3.05) is 34.4 Å². The number of piperidine rings is 1. The third kappa shape index (κ3) is 5.11. The minimum absolute atomic E-state index is 0.0473. The number of likely N-dealkylation sites (tertiary alicyclic amines) is 1. The number of carbonyl (C=O) groups is 1. The van der Waals surface area contributed by atoms with Crippen LogP contribution in [0.4, 0.5) is 4.79 Å². The first-order chi connectivity index (χ1) is 17.4. The lowest BCUT2D eigenvalue weighted by atomic mass is 9.97. The Labute approximate surface area is 211 Å². The molecule has 2 heterocycles. The molecule has 0 saturated carbocycles. The molecular weight excluding hydrogens is 462 g/mol. The summed E-state index contributed by atoms with van der Waals surface area (Å²) in [4.78, 5) is 19.1. The SMILES string of the molecule is COc1ccc(-c2nc(C3CCN(C(=O)N(O)C(C)C)CC3)oc2-c2ccc(OC)c(OC)c2)cc1. The van der Waals surface area contributed by atoms with Gasteiger partial charge in [-0.05, 0) is 69.2 Å². The number of hydrogen-bond acceptors (Lipinski definition) is 7. The van der Waals surface area contributed by atoms with Crippen LogP contribution in [-0.4, -0.2) is 66.6 Å². The maximum atomic E-state index is 12.5. The lowest BCUT2D eigenvalue weighted by Crippen LogP contribution is -2.47. The molecule has 1 N–H and O–H groups in total. The van der Waals surface area contributed by atoms with Gasteiger partial charge in [-0.25, -0.2) is 14.8 Å². The molecule has 2 amide bonds. The average molecular weight is 496 g/mol. The first kappa shape index (κ1) is 25.4. The molecule has 192 valence electrons. The molecule has 0 radical (unpaired) electrons. The average Bonchev–Trinajstić information content (AvgIpc) is 3.37. The van der Waals surface area contributed by atoms with Crippen LogP contribution in [0, 0.1) is 0 Å². The van der Waals surface area contributed by atoms with Gasteiger partial charge >= 0.3 is 6.03 Å². The molecule has 36 heavy (non-hydrogen) atoms. The van der Waals surface area contributed by atoms with Gasteiger partial charge in [0.05, 0.1) is 27.4 Å². The number of methoxy groups -OCH3 is 3. The molecule has 0 atom stereocenters. The minimum atomic E-state index is -0.374. The van der Waals surface area contributed by atoms with Crippen LogP contribution < -0.4 is 14.2 Å². The van der Waals surface area contributed by atoms with E-state index in [4.69, 9.17) is 23.6 Å². The highest BCUT2D eigenvalue weighted by atomic mass is 16.5. The fraction of sp³-hybridized carbons (Fsp3) is 0.407. The summed E-state index contributed by atoms with van der Waals surface area (Å²) in [6, 6.07) is 12.7. The van der Waals surface area contributed by atoms with E-state index >= 15 is 0 Å². The molecule has 0 spiro atoms. The van der Waals surface area contributed by atoms with Crippen LogP contribution in [0.25, 0.3) is 22.6 Å². The highest BCUT2D eigenvalue weighted by Gasteiger charge is 2.31. The smallest absolute Gasteiger partial charge is 0.343 e. The van der Waals surface area contributed by atoms with Gasteiger partial charge in [0.15, 0.2) is 23.1 Å². The Morgan fingerprint density at radius 3 is 2.22 bits per heavy atom. The molecule has 0 unspecified atom stereocenters. The van der Waals surface area contributed by atoms with Gasteiger partial charge in [0.25, 0.3) is 0 Å². The molecule has 2 aromatic carbocycles. The lowest BCUT2D eigenvalue weighted by Gasteiger charge is -2.33. The van der Waals surface area contributed by atoms with Crippen LogP contribution in [0.1, 0.15) is 38.5 Å². The highest BCUT2D eigenvalue weighted by molar-refractivity contribution is 5.78. The zero-order chi connectivity index (χ0) is 25.8. The van der Waals surface area contributed by atoms with Crippen LogP contribution in [0.3, 0.4) is 0 Å². The van der Waals surface area contributed by atoms with E-state index in [0.29, 0.717) is 49.1 Å². The van der Waals surface area contributed by atoms with Crippen LogP contribution in [0.2, 0.25) is 0 Å². The summed E-state index contributed by atoms with van der Waals surface area (Å²) in [5.41, 5.74) is 2.44. The molecule has 9 heteroatoms. The normalized spacial score (nSPS) is 14.1. The molecule has 3 aromatic rings. The van der Waals surface area contributed by atoms with E-state index in [-0.39, 0.29) is 18.0 Å². The number of urea groups is 1. The van der Waals surface area contributed by atoms with Crippen LogP contribution in [0.15, 0.2) is 46.9 Å². The molecule has 1 aliphatic rings. The summed E-state index contributed by atoms with van der Waals surface area (Å²) in [5.74, 6) is 3.29. The van der Waals surface area contributed by atoms with E-state index in [1.807, 2.05) is 42.5 Å². The van der Waals surface area contributed by atoms with Crippen LogP contribution >= 0.6 is 0 Å². The largest absolute Gasteiger partial charge is 0.497 e. The Bertz CT molecular complexity index is 1180. The van der Waals surface area contributed by atoms with Gasteiger partial charge in [0, 0.05) is 30.1 Å². The molecule has 0 bridgehead atoms. The summed E-state index contributed by atoms with van der Waals surface area (Å²) < 4.78 is 22.6. The Hall–Kier alpha value is -3.72. The molecule has 1 aromatic heterocycles. The second-order valence-corrected chi connectivity index (χ2v) is 9.01. The summed E-state index contributed by atoms with van der Waals surface area (Å²) in [7, 11) is 4.83. The quantitative estimate of drug-likeness (QED) is 0.345. The molecule has 1 saturated heterocycles. The van der Waals surface area contributed by atoms with E-state index in [9.17, 15) is 10.0 Å². The van der Waals surface area contributed by atoms with Gasteiger partial charge in [-0.1, -0.05) is 0 Å². The summed E-state index contributed by atoms with van der Waals surface area (Å²) in [6.07, 6.45) is 1.37.